The predicted octanol–water partition coefficient (Wildman–Crippen LogP) is 3.03. The van der Waals surface area contributed by atoms with E-state index in [9.17, 15) is 0 Å². The van der Waals surface area contributed by atoms with E-state index in [1.54, 1.807) is 0 Å². The van der Waals surface area contributed by atoms with Crippen molar-refractivity contribution in [3.05, 3.63) is 29.0 Å². The number of hydrogen-bond acceptors (Lipinski definition) is 2. The van der Waals surface area contributed by atoms with Gasteiger partial charge < -0.3 is 9.88 Å². The summed E-state index contributed by atoms with van der Waals surface area (Å²) in [5, 5.41) is 4.24. The molecule has 3 nitrogen and oxygen atoms in total. The second-order valence-corrected chi connectivity index (χ2v) is 5.47. The lowest BCUT2D eigenvalue weighted by Gasteiger charge is -2.15. The third kappa shape index (κ3) is 1.73. The van der Waals surface area contributed by atoms with E-state index in [1.807, 2.05) is 18.2 Å². The lowest BCUT2D eigenvalue weighted by atomic mass is 9.97. The molecule has 1 aliphatic heterocycles. The molecule has 1 saturated heterocycles. The van der Waals surface area contributed by atoms with E-state index in [0.29, 0.717) is 11.8 Å². The van der Waals surface area contributed by atoms with E-state index in [1.165, 1.54) is 5.82 Å². The number of aryl methyl sites for hydroxylation is 1. The fourth-order valence-corrected chi connectivity index (χ4v) is 3.19. The maximum Gasteiger partial charge on any atom is 0.114 e. The highest BCUT2D eigenvalue weighted by molar-refractivity contribution is 6.35. The monoisotopic (exact) mass is 263 g/mol. The molecule has 1 fully saturated rings. The first kappa shape index (κ1) is 12.0. The number of benzene rings is 1. The lowest BCUT2D eigenvalue weighted by molar-refractivity contribution is 0.522. The zero-order valence-corrected chi connectivity index (χ0v) is 11.5. The molecule has 0 bridgehead atoms. The number of halogens is 1. The van der Waals surface area contributed by atoms with Crippen molar-refractivity contribution < 1.29 is 0 Å². The van der Waals surface area contributed by atoms with Crippen LogP contribution in [0.25, 0.3) is 11.0 Å². The second-order valence-electron chi connectivity index (χ2n) is 5.06. The normalized spacial score (nSPS) is 23.9. The van der Waals surface area contributed by atoms with Crippen LogP contribution in [0.3, 0.4) is 0 Å². The van der Waals surface area contributed by atoms with Crippen LogP contribution in [-0.2, 0) is 6.54 Å². The van der Waals surface area contributed by atoms with Gasteiger partial charge in [-0.2, -0.15) is 0 Å². The Morgan fingerprint density at radius 1 is 1.44 bits per heavy atom. The van der Waals surface area contributed by atoms with Crippen molar-refractivity contribution in [2.45, 2.75) is 26.3 Å². The molecule has 1 N–H and O–H groups in total. The Labute approximate surface area is 112 Å². The van der Waals surface area contributed by atoms with Crippen LogP contribution in [0.1, 0.15) is 25.6 Å². The van der Waals surface area contributed by atoms with Crippen molar-refractivity contribution in [2.24, 2.45) is 5.92 Å². The Morgan fingerprint density at radius 3 is 2.94 bits per heavy atom. The molecule has 0 radical (unpaired) electrons. The van der Waals surface area contributed by atoms with Gasteiger partial charge in [-0.05, 0) is 31.5 Å². The summed E-state index contributed by atoms with van der Waals surface area (Å²) in [4.78, 5) is 4.82. The summed E-state index contributed by atoms with van der Waals surface area (Å²) in [6.45, 7) is 7.44. The van der Waals surface area contributed by atoms with Crippen LogP contribution in [0.4, 0.5) is 0 Å². The Morgan fingerprint density at radius 2 is 2.28 bits per heavy atom. The maximum absolute atomic E-state index is 6.32. The molecule has 0 amide bonds. The molecule has 0 spiro atoms. The number of nitrogens with zero attached hydrogens (tertiary/aromatic N) is 2. The highest BCUT2D eigenvalue weighted by atomic mass is 35.5. The molecule has 96 valence electrons. The van der Waals surface area contributed by atoms with Crippen molar-refractivity contribution in [2.75, 3.05) is 13.1 Å². The zero-order chi connectivity index (χ0) is 12.7. The molecule has 1 aliphatic rings. The van der Waals surface area contributed by atoms with Crippen LogP contribution < -0.4 is 5.32 Å². The SMILES string of the molecule is CCn1c([C@@H]2CNC[C@H]2C)nc2cccc(Cl)c21. The van der Waals surface area contributed by atoms with Gasteiger partial charge in [-0.25, -0.2) is 4.98 Å². The number of imidazole rings is 1. The van der Waals surface area contributed by atoms with Crippen molar-refractivity contribution in [1.82, 2.24) is 14.9 Å². The summed E-state index contributed by atoms with van der Waals surface area (Å²) < 4.78 is 2.27. The summed E-state index contributed by atoms with van der Waals surface area (Å²) in [6, 6.07) is 5.96. The van der Waals surface area contributed by atoms with E-state index >= 15 is 0 Å². The minimum absolute atomic E-state index is 0.494. The van der Waals surface area contributed by atoms with E-state index < -0.39 is 0 Å². The summed E-state index contributed by atoms with van der Waals surface area (Å²) in [5.41, 5.74) is 2.09. The molecule has 2 heterocycles. The molecule has 2 atom stereocenters. The number of rotatable bonds is 2. The van der Waals surface area contributed by atoms with Gasteiger partial charge in [0.15, 0.2) is 0 Å². The van der Waals surface area contributed by atoms with Crippen molar-refractivity contribution in [3.63, 3.8) is 0 Å². The fraction of sp³-hybridized carbons (Fsp3) is 0.500. The minimum Gasteiger partial charge on any atom is -0.327 e. The molecule has 1 aromatic carbocycles. The van der Waals surface area contributed by atoms with E-state index in [-0.39, 0.29) is 0 Å². The smallest absolute Gasteiger partial charge is 0.114 e. The van der Waals surface area contributed by atoms with Crippen LogP contribution in [0, 0.1) is 5.92 Å². The van der Waals surface area contributed by atoms with Gasteiger partial charge in [0, 0.05) is 19.0 Å². The topological polar surface area (TPSA) is 29.9 Å². The van der Waals surface area contributed by atoms with Crippen molar-refractivity contribution >= 4 is 22.6 Å². The van der Waals surface area contributed by atoms with Gasteiger partial charge in [-0.3, -0.25) is 0 Å². The molecule has 0 unspecified atom stereocenters. The Kier molecular flexibility index (Phi) is 3.04. The predicted molar refractivity (Wildman–Crippen MR) is 75.2 cm³/mol. The molecule has 1 aromatic heterocycles. The molecule has 4 heteroatoms. The largest absolute Gasteiger partial charge is 0.327 e. The minimum atomic E-state index is 0.494. The van der Waals surface area contributed by atoms with Crippen LogP contribution in [0.15, 0.2) is 18.2 Å². The molecule has 2 aromatic rings. The number of aromatic nitrogens is 2. The average Bonchev–Trinajstić information content (AvgIpc) is 2.92. The van der Waals surface area contributed by atoms with Gasteiger partial charge in [-0.1, -0.05) is 24.6 Å². The summed E-state index contributed by atoms with van der Waals surface area (Å²) in [7, 11) is 0. The average molecular weight is 264 g/mol. The van der Waals surface area contributed by atoms with Crippen molar-refractivity contribution in [3.8, 4) is 0 Å². The number of para-hydroxylation sites is 1. The van der Waals surface area contributed by atoms with Gasteiger partial charge in [0.1, 0.15) is 5.82 Å². The molecular weight excluding hydrogens is 246 g/mol. The standard InChI is InChI=1S/C14H18ClN3/c1-3-18-13-11(15)5-4-6-12(13)17-14(18)10-8-16-7-9(10)2/h4-6,9-10,16H,3,7-8H2,1-2H3/t9-,10-/m1/s1. The lowest BCUT2D eigenvalue weighted by Crippen LogP contribution is -2.14. The van der Waals surface area contributed by atoms with E-state index in [0.717, 1.165) is 35.7 Å². The van der Waals surface area contributed by atoms with Gasteiger partial charge >= 0.3 is 0 Å². The third-order valence-corrected chi connectivity index (χ3v) is 4.22. The highest BCUT2D eigenvalue weighted by Crippen LogP contribution is 2.32. The Hall–Kier alpha value is -1.06. The van der Waals surface area contributed by atoms with Crippen molar-refractivity contribution in [1.29, 1.82) is 0 Å². The summed E-state index contributed by atoms with van der Waals surface area (Å²) >= 11 is 6.32. The maximum atomic E-state index is 6.32. The second kappa shape index (κ2) is 4.56. The zero-order valence-electron chi connectivity index (χ0n) is 10.8. The molecule has 3 rings (SSSR count). The van der Waals surface area contributed by atoms with Gasteiger partial charge in [-0.15, -0.1) is 0 Å². The van der Waals surface area contributed by atoms with Crippen LogP contribution >= 0.6 is 11.6 Å². The van der Waals surface area contributed by atoms with Crippen LogP contribution in [0.2, 0.25) is 5.02 Å². The highest BCUT2D eigenvalue weighted by Gasteiger charge is 2.29. The summed E-state index contributed by atoms with van der Waals surface area (Å²) in [5.74, 6) is 2.30. The Balaban J connectivity index is 2.20. The number of fused-ring (bicyclic) bond motifs is 1. The first-order valence-corrected chi connectivity index (χ1v) is 6.95. The number of nitrogens with one attached hydrogen (secondary N) is 1. The third-order valence-electron chi connectivity index (χ3n) is 3.91. The molecule has 0 aliphatic carbocycles. The fourth-order valence-electron chi connectivity index (χ4n) is 2.92. The van der Waals surface area contributed by atoms with Gasteiger partial charge in [0.05, 0.1) is 16.1 Å². The van der Waals surface area contributed by atoms with Gasteiger partial charge in [0.2, 0.25) is 0 Å². The molecular formula is C14H18ClN3. The quantitative estimate of drug-likeness (QED) is 0.903. The first-order valence-electron chi connectivity index (χ1n) is 6.57. The molecule has 0 saturated carbocycles. The van der Waals surface area contributed by atoms with Crippen LogP contribution in [0.5, 0.6) is 0 Å². The Bertz CT molecular complexity index is 576. The van der Waals surface area contributed by atoms with Crippen LogP contribution in [-0.4, -0.2) is 22.6 Å². The molecule has 18 heavy (non-hydrogen) atoms. The summed E-state index contributed by atoms with van der Waals surface area (Å²) in [6.07, 6.45) is 0. The van der Waals surface area contributed by atoms with E-state index in [2.05, 4.69) is 23.7 Å². The van der Waals surface area contributed by atoms with Gasteiger partial charge in [0.25, 0.3) is 0 Å². The van der Waals surface area contributed by atoms with E-state index in [4.69, 9.17) is 16.6 Å². The number of hydrogen-bond donors (Lipinski definition) is 1. The first-order chi connectivity index (χ1) is 8.72.